The molecule has 1 amide bonds. The van der Waals surface area contributed by atoms with E-state index in [1.165, 1.54) is 13.3 Å². The summed E-state index contributed by atoms with van der Waals surface area (Å²) < 4.78 is 4.63. The summed E-state index contributed by atoms with van der Waals surface area (Å²) in [6.45, 7) is 3.86. The molecule has 0 aliphatic rings. The lowest BCUT2D eigenvalue weighted by Crippen LogP contribution is -2.21. The second-order valence-electron chi connectivity index (χ2n) is 1.60. The summed E-state index contributed by atoms with van der Waals surface area (Å²) in [7, 11) is 1.54. The molecule has 0 aliphatic heterocycles. The topological polar surface area (TPSA) is 41.9 Å². The van der Waals surface area contributed by atoms with Crippen LogP contribution in [0.15, 0.2) is 5.10 Å². The Hall–Kier alpha value is -1.06. The Bertz CT molecular complexity index is 134. The first-order valence-electron chi connectivity index (χ1n) is 3.11. The molecule has 0 aliphatic carbocycles. The molecule has 0 fully saturated rings. The van der Waals surface area contributed by atoms with E-state index in [1.54, 1.807) is 13.8 Å². The molecule has 0 spiro atoms. The van der Waals surface area contributed by atoms with Gasteiger partial charge in [-0.1, -0.05) is 0 Å². The Kier molecular flexibility index (Phi) is 4.28. The summed E-state index contributed by atoms with van der Waals surface area (Å²) in [6.07, 6.45) is 1.09. The molecule has 4 nitrogen and oxygen atoms in total. The minimum Gasteiger partial charge on any atom is -0.448 e. The SMILES string of the molecule is C/C=N/N(C)C(=O)OCC. The number of hydrogen-bond acceptors (Lipinski definition) is 3. The summed E-state index contributed by atoms with van der Waals surface area (Å²) in [5.74, 6) is 0. The van der Waals surface area contributed by atoms with Crippen LogP contribution in [0.5, 0.6) is 0 Å². The lowest BCUT2D eigenvalue weighted by Gasteiger charge is -2.08. The van der Waals surface area contributed by atoms with Gasteiger partial charge in [-0.25, -0.2) is 9.80 Å². The molecule has 0 saturated carbocycles. The van der Waals surface area contributed by atoms with Gasteiger partial charge in [0, 0.05) is 13.3 Å². The van der Waals surface area contributed by atoms with Crippen molar-refractivity contribution >= 4 is 12.3 Å². The number of nitrogens with zero attached hydrogens (tertiary/aromatic N) is 2. The normalized spacial score (nSPS) is 9.90. The molecule has 0 rings (SSSR count). The number of amides is 1. The highest BCUT2D eigenvalue weighted by Crippen LogP contribution is 1.88. The Morgan fingerprint density at radius 1 is 1.80 bits per heavy atom. The molecule has 0 aromatic heterocycles. The number of rotatable bonds is 2. The van der Waals surface area contributed by atoms with Crippen molar-refractivity contribution in [3.8, 4) is 0 Å². The Balaban J connectivity index is 3.70. The van der Waals surface area contributed by atoms with Crippen LogP contribution in [0.25, 0.3) is 0 Å². The van der Waals surface area contributed by atoms with Crippen molar-refractivity contribution < 1.29 is 9.53 Å². The van der Waals surface area contributed by atoms with Crippen LogP contribution in [-0.2, 0) is 4.74 Å². The first-order valence-corrected chi connectivity index (χ1v) is 3.11. The molecule has 0 unspecified atom stereocenters. The zero-order chi connectivity index (χ0) is 7.98. The van der Waals surface area contributed by atoms with Crippen LogP contribution >= 0.6 is 0 Å². The van der Waals surface area contributed by atoms with Crippen LogP contribution in [-0.4, -0.2) is 31.0 Å². The van der Waals surface area contributed by atoms with Crippen LogP contribution in [0.3, 0.4) is 0 Å². The zero-order valence-electron chi connectivity index (χ0n) is 6.50. The smallest absolute Gasteiger partial charge is 0.430 e. The van der Waals surface area contributed by atoms with Crippen molar-refractivity contribution in [1.82, 2.24) is 5.01 Å². The number of hydrogen-bond donors (Lipinski definition) is 0. The van der Waals surface area contributed by atoms with Gasteiger partial charge in [-0.3, -0.25) is 0 Å². The fourth-order valence-electron chi connectivity index (χ4n) is 0.437. The minimum absolute atomic E-state index is 0.377. The van der Waals surface area contributed by atoms with E-state index in [9.17, 15) is 4.79 Å². The van der Waals surface area contributed by atoms with Crippen LogP contribution in [0.1, 0.15) is 13.8 Å². The Morgan fingerprint density at radius 3 is 2.80 bits per heavy atom. The van der Waals surface area contributed by atoms with Gasteiger partial charge in [0.1, 0.15) is 0 Å². The quantitative estimate of drug-likeness (QED) is 0.430. The summed E-state index contributed by atoms with van der Waals surface area (Å²) in [4.78, 5) is 10.7. The molecule has 0 saturated heterocycles. The average molecular weight is 144 g/mol. The molecule has 10 heavy (non-hydrogen) atoms. The third-order valence-corrected chi connectivity index (χ3v) is 0.821. The molecule has 0 N–H and O–H groups in total. The van der Waals surface area contributed by atoms with E-state index in [-0.39, 0.29) is 0 Å². The second kappa shape index (κ2) is 4.78. The Labute approximate surface area is 60.5 Å². The van der Waals surface area contributed by atoms with E-state index in [0.29, 0.717) is 6.61 Å². The lowest BCUT2D eigenvalue weighted by molar-refractivity contribution is 0.117. The summed E-state index contributed by atoms with van der Waals surface area (Å²) in [5, 5.41) is 4.82. The molecule has 0 aromatic rings. The molecule has 58 valence electrons. The van der Waals surface area contributed by atoms with Gasteiger partial charge in [0.15, 0.2) is 0 Å². The van der Waals surface area contributed by atoms with E-state index in [4.69, 9.17) is 0 Å². The number of hydrazone groups is 1. The maximum Gasteiger partial charge on any atom is 0.430 e. The van der Waals surface area contributed by atoms with Crippen molar-refractivity contribution in [2.24, 2.45) is 5.10 Å². The summed E-state index contributed by atoms with van der Waals surface area (Å²) in [5.41, 5.74) is 0. The highest BCUT2D eigenvalue weighted by Gasteiger charge is 2.04. The van der Waals surface area contributed by atoms with Gasteiger partial charge in [0.05, 0.1) is 6.61 Å². The molecule has 0 aromatic carbocycles. The monoisotopic (exact) mass is 144 g/mol. The summed E-state index contributed by atoms with van der Waals surface area (Å²) in [6, 6.07) is 0. The molecule has 0 heterocycles. The van der Waals surface area contributed by atoms with Crippen LogP contribution in [0.2, 0.25) is 0 Å². The van der Waals surface area contributed by atoms with E-state index in [2.05, 4.69) is 9.84 Å². The standard InChI is InChI=1S/C6H12N2O2/c1-4-7-8(3)6(9)10-5-2/h4H,5H2,1-3H3/b7-4+. The number of carbonyl (C=O) groups is 1. The average Bonchev–Trinajstić information content (AvgIpc) is 1.89. The molecular weight excluding hydrogens is 132 g/mol. The molecular formula is C6H12N2O2. The largest absolute Gasteiger partial charge is 0.448 e. The maximum atomic E-state index is 10.7. The van der Waals surface area contributed by atoms with Gasteiger partial charge in [-0.15, -0.1) is 0 Å². The van der Waals surface area contributed by atoms with Gasteiger partial charge in [-0.2, -0.15) is 5.10 Å². The Morgan fingerprint density at radius 2 is 2.40 bits per heavy atom. The van der Waals surface area contributed by atoms with E-state index in [0.717, 1.165) is 5.01 Å². The van der Waals surface area contributed by atoms with Crippen LogP contribution in [0.4, 0.5) is 4.79 Å². The lowest BCUT2D eigenvalue weighted by atomic mass is 10.8. The molecule has 0 bridgehead atoms. The first kappa shape index (κ1) is 8.94. The zero-order valence-corrected chi connectivity index (χ0v) is 6.50. The van der Waals surface area contributed by atoms with Crippen molar-refractivity contribution in [2.45, 2.75) is 13.8 Å². The first-order chi connectivity index (χ1) is 4.72. The van der Waals surface area contributed by atoms with Gasteiger partial charge < -0.3 is 4.74 Å². The van der Waals surface area contributed by atoms with Crippen LogP contribution in [0, 0.1) is 0 Å². The van der Waals surface area contributed by atoms with Gasteiger partial charge in [-0.05, 0) is 13.8 Å². The highest BCUT2D eigenvalue weighted by molar-refractivity contribution is 5.68. The number of ether oxygens (including phenoxy) is 1. The van der Waals surface area contributed by atoms with Gasteiger partial charge >= 0.3 is 6.09 Å². The summed E-state index contributed by atoms with van der Waals surface area (Å²) >= 11 is 0. The molecule has 4 heteroatoms. The molecule has 0 radical (unpaired) electrons. The van der Waals surface area contributed by atoms with E-state index < -0.39 is 6.09 Å². The predicted octanol–water partition coefficient (Wildman–Crippen LogP) is 1.08. The second-order valence-corrected chi connectivity index (χ2v) is 1.60. The highest BCUT2D eigenvalue weighted by atomic mass is 16.6. The van der Waals surface area contributed by atoms with Crippen molar-refractivity contribution in [3.63, 3.8) is 0 Å². The maximum absolute atomic E-state index is 10.7. The third-order valence-electron chi connectivity index (χ3n) is 0.821. The van der Waals surface area contributed by atoms with E-state index >= 15 is 0 Å². The van der Waals surface area contributed by atoms with Gasteiger partial charge in [0.25, 0.3) is 0 Å². The van der Waals surface area contributed by atoms with Crippen molar-refractivity contribution in [2.75, 3.05) is 13.7 Å². The minimum atomic E-state index is -0.430. The van der Waals surface area contributed by atoms with Crippen molar-refractivity contribution in [3.05, 3.63) is 0 Å². The fourth-order valence-corrected chi connectivity index (χ4v) is 0.437. The number of carbonyl (C=O) groups excluding carboxylic acids is 1. The molecule has 0 atom stereocenters. The third kappa shape index (κ3) is 3.06. The fraction of sp³-hybridized carbons (Fsp3) is 0.667. The van der Waals surface area contributed by atoms with E-state index in [1.807, 2.05) is 0 Å². The predicted molar refractivity (Wildman–Crippen MR) is 39.0 cm³/mol. The van der Waals surface area contributed by atoms with Crippen molar-refractivity contribution in [1.29, 1.82) is 0 Å². The van der Waals surface area contributed by atoms with Gasteiger partial charge in [0.2, 0.25) is 0 Å². The van der Waals surface area contributed by atoms with Crippen LogP contribution < -0.4 is 0 Å².